The van der Waals surface area contributed by atoms with E-state index in [4.69, 9.17) is 19.2 Å². The van der Waals surface area contributed by atoms with Crippen LogP contribution in [0.25, 0.3) is 21.1 Å². The van der Waals surface area contributed by atoms with Crippen molar-refractivity contribution in [2.75, 3.05) is 32.3 Å². The highest BCUT2D eigenvalue weighted by molar-refractivity contribution is 7.22. The number of aromatic amines is 1. The Bertz CT molecular complexity index is 1200. The van der Waals surface area contributed by atoms with Crippen molar-refractivity contribution >= 4 is 43.5 Å². The van der Waals surface area contributed by atoms with Crippen molar-refractivity contribution in [1.82, 2.24) is 9.97 Å². The summed E-state index contributed by atoms with van der Waals surface area (Å²) in [5.74, 6) is 1.25. The molecular formula is C23H23N3O4S. The Labute approximate surface area is 183 Å². The molecule has 160 valence electrons. The number of amides is 1. The third-order valence-electron chi connectivity index (χ3n) is 5.60. The first-order valence-electron chi connectivity index (χ1n) is 10.2. The molecule has 1 aliphatic rings. The van der Waals surface area contributed by atoms with Gasteiger partial charge in [-0.25, -0.2) is 4.98 Å². The van der Waals surface area contributed by atoms with Gasteiger partial charge in [0.05, 0.1) is 32.4 Å². The normalized spacial score (nSPS) is 16.1. The second-order valence-corrected chi connectivity index (χ2v) is 8.42. The minimum Gasteiger partial charge on any atom is -0.495 e. The summed E-state index contributed by atoms with van der Waals surface area (Å²) >= 11 is 1.42. The van der Waals surface area contributed by atoms with Crippen LogP contribution >= 0.6 is 11.3 Å². The molecule has 1 saturated heterocycles. The molecule has 0 radical (unpaired) electrons. The number of carbonyl (C=O) groups excluding carboxylic acids is 1. The van der Waals surface area contributed by atoms with Crippen molar-refractivity contribution in [3.05, 3.63) is 48.2 Å². The average molecular weight is 438 g/mol. The summed E-state index contributed by atoms with van der Waals surface area (Å²) in [7, 11) is 3.24. The number of hydrogen-bond donors (Lipinski definition) is 1. The van der Waals surface area contributed by atoms with Crippen LogP contribution in [0.4, 0.5) is 5.13 Å². The van der Waals surface area contributed by atoms with Crippen molar-refractivity contribution < 1.29 is 19.0 Å². The summed E-state index contributed by atoms with van der Waals surface area (Å²) in [6.07, 6.45) is 3.69. The van der Waals surface area contributed by atoms with Crippen LogP contribution in [-0.4, -0.2) is 49.4 Å². The van der Waals surface area contributed by atoms with E-state index in [-0.39, 0.29) is 12.0 Å². The van der Waals surface area contributed by atoms with Crippen LogP contribution in [0.3, 0.4) is 0 Å². The minimum atomic E-state index is -0.107. The van der Waals surface area contributed by atoms with E-state index in [1.54, 1.807) is 25.3 Å². The van der Waals surface area contributed by atoms with Crippen LogP contribution in [0.15, 0.2) is 42.6 Å². The first kappa shape index (κ1) is 19.8. The number of aromatic nitrogens is 2. The quantitative estimate of drug-likeness (QED) is 0.476. The first-order valence-corrected chi connectivity index (χ1v) is 11.0. The van der Waals surface area contributed by atoms with Gasteiger partial charge in [0.15, 0.2) is 5.13 Å². The minimum absolute atomic E-state index is 0.00930. The number of fused-ring (bicyclic) bond motifs is 2. The fourth-order valence-corrected chi connectivity index (χ4v) is 5.11. The molecule has 0 spiro atoms. The molecule has 2 aromatic heterocycles. The predicted octanol–water partition coefficient (Wildman–Crippen LogP) is 4.62. The van der Waals surface area contributed by atoms with Crippen LogP contribution in [0.1, 0.15) is 23.2 Å². The number of H-pyrrole nitrogens is 1. The summed E-state index contributed by atoms with van der Waals surface area (Å²) in [6, 6.07) is 11.5. The zero-order valence-corrected chi connectivity index (χ0v) is 18.2. The molecule has 0 bridgehead atoms. The molecule has 1 atom stereocenters. The third kappa shape index (κ3) is 3.51. The van der Waals surface area contributed by atoms with Crippen LogP contribution in [0.2, 0.25) is 0 Å². The SMILES string of the molecule is COc1ccc(OC)c2sc(N(CC3CCCO3)C(=O)c3c[nH]c4ccccc34)nc12. The molecule has 3 heterocycles. The van der Waals surface area contributed by atoms with Gasteiger partial charge in [-0.2, -0.15) is 0 Å². The lowest BCUT2D eigenvalue weighted by Gasteiger charge is -2.22. The Balaban J connectivity index is 1.61. The summed E-state index contributed by atoms with van der Waals surface area (Å²) in [4.78, 5) is 23.5. The van der Waals surface area contributed by atoms with E-state index in [1.807, 2.05) is 36.4 Å². The zero-order chi connectivity index (χ0) is 21.4. The highest BCUT2D eigenvalue weighted by atomic mass is 32.1. The number of ether oxygens (including phenoxy) is 3. The third-order valence-corrected chi connectivity index (χ3v) is 6.70. The van der Waals surface area contributed by atoms with E-state index in [0.717, 1.165) is 35.1 Å². The van der Waals surface area contributed by atoms with E-state index in [1.165, 1.54) is 11.3 Å². The van der Waals surface area contributed by atoms with Crippen LogP contribution in [0.5, 0.6) is 11.5 Å². The lowest BCUT2D eigenvalue weighted by atomic mass is 10.1. The van der Waals surface area contributed by atoms with Gasteiger partial charge in [-0.05, 0) is 31.0 Å². The van der Waals surface area contributed by atoms with Crippen molar-refractivity contribution in [3.63, 3.8) is 0 Å². The van der Waals surface area contributed by atoms with Crippen LogP contribution in [0, 0.1) is 0 Å². The van der Waals surface area contributed by atoms with Crippen LogP contribution < -0.4 is 14.4 Å². The molecule has 2 aromatic carbocycles. The number of anilines is 1. The van der Waals surface area contributed by atoms with Gasteiger partial charge < -0.3 is 19.2 Å². The van der Waals surface area contributed by atoms with Crippen LogP contribution in [-0.2, 0) is 4.74 Å². The topological polar surface area (TPSA) is 76.7 Å². The number of para-hydroxylation sites is 1. The van der Waals surface area contributed by atoms with Gasteiger partial charge in [0.2, 0.25) is 0 Å². The summed E-state index contributed by atoms with van der Waals surface area (Å²) in [5.41, 5.74) is 2.23. The molecule has 1 amide bonds. The summed E-state index contributed by atoms with van der Waals surface area (Å²) in [5, 5.41) is 1.49. The molecule has 31 heavy (non-hydrogen) atoms. The molecule has 0 saturated carbocycles. The Morgan fingerprint density at radius 3 is 2.81 bits per heavy atom. The van der Waals surface area contributed by atoms with E-state index in [2.05, 4.69) is 4.98 Å². The fourth-order valence-electron chi connectivity index (χ4n) is 4.02. The average Bonchev–Trinajstić information content (AvgIpc) is 3.55. The van der Waals surface area contributed by atoms with Gasteiger partial charge in [0, 0.05) is 23.7 Å². The molecule has 1 N–H and O–H groups in total. The summed E-state index contributed by atoms with van der Waals surface area (Å²) < 4.78 is 17.7. The Morgan fingerprint density at radius 2 is 2.03 bits per heavy atom. The second kappa shape index (κ2) is 8.20. The van der Waals surface area contributed by atoms with Gasteiger partial charge >= 0.3 is 0 Å². The number of methoxy groups -OCH3 is 2. The van der Waals surface area contributed by atoms with Gasteiger partial charge in [-0.15, -0.1) is 0 Å². The van der Waals surface area contributed by atoms with Crippen molar-refractivity contribution in [2.45, 2.75) is 18.9 Å². The molecule has 1 fully saturated rings. The maximum Gasteiger partial charge on any atom is 0.262 e. The molecule has 1 aliphatic heterocycles. The summed E-state index contributed by atoms with van der Waals surface area (Å²) in [6.45, 7) is 1.17. The lowest BCUT2D eigenvalue weighted by Crippen LogP contribution is -2.37. The lowest BCUT2D eigenvalue weighted by molar-refractivity contribution is 0.0919. The molecule has 8 heteroatoms. The molecule has 0 aliphatic carbocycles. The van der Waals surface area contributed by atoms with E-state index in [9.17, 15) is 4.79 Å². The number of benzene rings is 2. The van der Waals surface area contributed by atoms with Crippen molar-refractivity contribution in [1.29, 1.82) is 0 Å². The number of nitrogens with one attached hydrogen (secondary N) is 1. The zero-order valence-electron chi connectivity index (χ0n) is 17.4. The Hall–Kier alpha value is -3.10. The Kier molecular flexibility index (Phi) is 5.25. The van der Waals surface area contributed by atoms with Gasteiger partial charge in [-0.3, -0.25) is 9.69 Å². The maximum absolute atomic E-state index is 13.7. The molecule has 5 rings (SSSR count). The predicted molar refractivity (Wildman–Crippen MR) is 122 cm³/mol. The number of thiazole rings is 1. The first-order chi connectivity index (χ1) is 15.2. The number of rotatable bonds is 6. The standard InChI is InChI=1S/C23H23N3O4S/c1-28-18-9-10-19(29-2)21-20(18)25-23(31-21)26(13-14-6-5-11-30-14)22(27)16-12-24-17-8-4-3-7-15(16)17/h3-4,7-10,12,14,24H,5-6,11,13H2,1-2H3. The van der Waals surface area contributed by atoms with E-state index >= 15 is 0 Å². The Morgan fingerprint density at radius 1 is 1.23 bits per heavy atom. The maximum atomic E-state index is 13.7. The highest BCUT2D eigenvalue weighted by Gasteiger charge is 2.29. The molecular weight excluding hydrogens is 414 g/mol. The number of nitrogens with zero attached hydrogens (tertiary/aromatic N) is 2. The fraction of sp³-hybridized carbons (Fsp3) is 0.304. The smallest absolute Gasteiger partial charge is 0.262 e. The van der Waals surface area contributed by atoms with Crippen molar-refractivity contribution in [3.8, 4) is 11.5 Å². The molecule has 4 aromatic rings. The van der Waals surface area contributed by atoms with E-state index in [0.29, 0.717) is 34.3 Å². The largest absolute Gasteiger partial charge is 0.495 e. The molecule has 7 nitrogen and oxygen atoms in total. The molecule has 1 unspecified atom stereocenters. The van der Waals surface area contributed by atoms with Gasteiger partial charge in [0.1, 0.15) is 21.7 Å². The van der Waals surface area contributed by atoms with Crippen molar-refractivity contribution in [2.24, 2.45) is 0 Å². The van der Waals surface area contributed by atoms with Gasteiger partial charge in [-0.1, -0.05) is 29.5 Å². The highest BCUT2D eigenvalue weighted by Crippen LogP contribution is 2.41. The number of carbonyl (C=O) groups is 1. The van der Waals surface area contributed by atoms with E-state index < -0.39 is 0 Å². The monoisotopic (exact) mass is 437 g/mol. The number of hydrogen-bond acceptors (Lipinski definition) is 6. The van der Waals surface area contributed by atoms with Gasteiger partial charge in [0.25, 0.3) is 5.91 Å². The second-order valence-electron chi connectivity index (χ2n) is 7.44.